The van der Waals surface area contributed by atoms with Gasteiger partial charge in [0.25, 0.3) is 0 Å². The zero-order chi connectivity index (χ0) is 19.6. The van der Waals surface area contributed by atoms with Gasteiger partial charge >= 0.3 is 0 Å². The van der Waals surface area contributed by atoms with E-state index in [0.29, 0.717) is 18.9 Å². The number of hydrogen-bond donors (Lipinski definition) is 0. The third-order valence-electron chi connectivity index (χ3n) is 5.08. The molecule has 5 nitrogen and oxygen atoms in total. The van der Waals surface area contributed by atoms with E-state index in [1.54, 1.807) is 4.90 Å². The normalized spacial score (nSPS) is 18.7. The second-order valence-corrected chi connectivity index (χ2v) is 10.1. The molecule has 2 aromatic rings. The molecule has 1 atom stereocenters. The Morgan fingerprint density at radius 1 is 1.15 bits per heavy atom. The van der Waals surface area contributed by atoms with Gasteiger partial charge in [-0.05, 0) is 35.2 Å². The minimum atomic E-state index is -3.02. The smallest absolute Gasteiger partial charge is 0.242 e. The van der Waals surface area contributed by atoms with Crippen molar-refractivity contribution >= 4 is 32.2 Å². The zero-order valence-electron chi connectivity index (χ0n) is 16.3. The molecule has 0 aromatic heterocycles. The number of sulfone groups is 1. The topological polar surface area (TPSA) is 57.7 Å². The molecule has 6 heteroatoms. The number of nitrogens with zero attached hydrogens (tertiary/aromatic N) is 2. The molecule has 0 bridgehead atoms. The van der Waals surface area contributed by atoms with Crippen LogP contribution in [0.2, 0.25) is 0 Å². The minimum Gasteiger partial charge on any atom is -0.365 e. The number of fused-ring (bicyclic) bond motifs is 1. The van der Waals surface area contributed by atoms with Gasteiger partial charge in [-0.3, -0.25) is 4.79 Å². The fourth-order valence-corrected chi connectivity index (χ4v) is 5.40. The Kier molecular flexibility index (Phi) is 5.75. The third-order valence-corrected chi connectivity index (χ3v) is 6.83. The van der Waals surface area contributed by atoms with Crippen LogP contribution in [0.25, 0.3) is 10.8 Å². The number of benzene rings is 2. The summed E-state index contributed by atoms with van der Waals surface area (Å²) in [5, 5.41) is 2.30. The summed E-state index contributed by atoms with van der Waals surface area (Å²) in [4.78, 5) is 16.7. The minimum absolute atomic E-state index is 0.0125. The number of amides is 1. The van der Waals surface area contributed by atoms with Gasteiger partial charge in [0.15, 0.2) is 9.84 Å². The van der Waals surface area contributed by atoms with Crippen molar-refractivity contribution in [3.8, 4) is 0 Å². The van der Waals surface area contributed by atoms with E-state index in [4.69, 9.17) is 0 Å². The van der Waals surface area contributed by atoms with Crippen molar-refractivity contribution in [1.82, 2.24) is 4.90 Å². The van der Waals surface area contributed by atoms with Crippen molar-refractivity contribution in [2.45, 2.75) is 26.3 Å². The van der Waals surface area contributed by atoms with E-state index in [1.807, 2.05) is 30.1 Å². The molecule has 2 aromatic carbocycles. The Balaban J connectivity index is 1.75. The maximum Gasteiger partial charge on any atom is 0.242 e. The summed E-state index contributed by atoms with van der Waals surface area (Å²) in [5.41, 5.74) is 0.977. The molecule has 1 saturated heterocycles. The lowest BCUT2D eigenvalue weighted by Gasteiger charge is -2.32. The second kappa shape index (κ2) is 7.89. The molecule has 1 amide bonds. The monoisotopic (exact) mass is 388 g/mol. The molecule has 0 N–H and O–H groups in total. The molecular formula is C21H28N2O3S. The van der Waals surface area contributed by atoms with Crippen molar-refractivity contribution in [3.05, 3.63) is 42.5 Å². The maximum atomic E-state index is 13.0. The highest BCUT2D eigenvalue weighted by Crippen LogP contribution is 2.23. The van der Waals surface area contributed by atoms with Gasteiger partial charge in [0.2, 0.25) is 5.91 Å². The molecule has 3 rings (SSSR count). The lowest BCUT2D eigenvalue weighted by atomic mass is 10.1. The van der Waals surface area contributed by atoms with Crippen LogP contribution in [0.4, 0.5) is 5.69 Å². The van der Waals surface area contributed by atoms with Gasteiger partial charge in [-0.25, -0.2) is 8.42 Å². The van der Waals surface area contributed by atoms with Gasteiger partial charge in [0.05, 0.1) is 18.1 Å². The Labute approximate surface area is 161 Å². The van der Waals surface area contributed by atoms with E-state index in [-0.39, 0.29) is 30.0 Å². The highest BCUT2D eigenvalue weighted by molar-refractivity contribution is 7.91. The standard InChI is InChI=1S/C21H28N2O3S/c1-16(2)13-23(20-10-11-27(25,26)15-20)21(24)14-22(3)19-9-8-17-6-4-5-7-18(17)12-19/h4-9,12,16,20H,10-11,13-15H2,1-3H3/t20-/m0/s1. The zero-order valence-corrected chi connectivity index (χ0v) is 17.1. The van der Waals surface area contributed by atoms with Crippen LogP contribution in [0.3, 0.4) is 0 Å². The molecule has 0 radical (unpaired) electrons. The van der Waals surface area contributed by atoms with E-state index >= 15 is 0 Å². The van der Waals surface area contributed by atoms with Crippen molar-refractivity contribution in [1.29, 1.82) is 0 Å². The van der Waals surface area contributed by atoms with Crippen LogP contribution in [0, 0.1) is 5.92 Å². The van der Waals surface area contributed by atoms with Crippen molar-refractivity contribution < 1.29 is 13.2 Å². The van der Waals surface area contributed by atoms with Gasteiger partial charge in [-0.1, -0.05) is 44.2 Å². The predicted octanol–water partition coefficient (Wildman–Crippen LogP) is 2.95. The first-order valence-corrected chi connectivity index (χ1v) is 11.3. The predicted molar refractivity (Wildman–Crippen MR) is 111 cm³/mol. The lowest BCUT2D eigenvalue weighted by molar-refractivity contribution is -0.132. The number of anilines is 1. The summed E-state index contributed by atoms with van der Waals surface area (Å²) in [6, 6.07) is 14.1. The van der Waals surface area contributed by atoms with E-state index in [2.05, 4.69) is 38.1 Å². The molecule has 0 saturated carbocycles. The highest BCUT2D eigenvalue weighted by atomic mass is 32.2. The number of carbonyl (C=O) groups is 1. The average molecular weight is 389 g/mol. The first-order chi connectivity index (χ1) is 12.7. The van der Waals surface area contributed by atoms with Gasteiger partial charge < -0.3 is 9.80 Å². The average Bonchev–Trinajstić information content (AvgIpc) is 2.98. The van der Waals surface area contributed by atoms with E-state index < -0.39 is 9.84 Å². The van der Waals surface area contributed by atoms with Gasteiger partial charge in [-0.15, -0.1) is 0 Å². The van der Waals surface area contributed by atoms with Crippen LogP contribution >= 0.6 is 0 Å². The number of likely N-dealkylation sites (N-methyl/N-ethyl adjacent to an activating group) is 1. The van der Waals surface area contributed by atoms with Gasteiger partial charge in [-0.2, -0.15) is 0 Å². The summed E-state index contributed by atoms with van der Waals surface area (Å²) in [7, 11) is -1.12. The fourth-order valence-electron chi connectivity index (χ4n) is 3.67. The van der Waals surface area contributed by atoms with Crippen molar-refractivity contribution in [2.75, 3.05) is 36.5 Å². The molecule has 0 spiro atoms. The summed E-state index contributed by atoms with van der Waals surface area (Å²) in [6.45, 7) is 4.93. The Morgan fingerprint density at radius 3 is 2.48 bits per heavy atom. The van der Waals surface area contributed by atoms with Crippen molar-refractivity contribution in [3.63, 3.8) is 0 Å². The SMILES string of the molecule is CC(C)CN(C(=O)CN(C)c1ccc2ccccc2c1)[C@H]1CCS(=O)(=O)C1. The molecule has 0 aliphatic carbocycles. The molecule has 1 aliphatic rings. The lowest BCUT2D eigenvalue weighted by Crippen LogP contribution is -2.47. The van der Waals surface area contributed by atoms with Crippen molar-refractivity contribution in [2.24, 2.45) is 5.92 Å². The quantitative estimate of drug-likeness (QED) is 0.763. The number of carbonyl (C=O) groups excluding carboxylic acids is 1. The maximum absolute atomic E-state index is 13.0. The summed E-state index contributed by atoms with van der Waals surface area (Å²) in [5.74, 6) is 0.551. The first-order valence-electron chi connectivity index (χ1n) is 9.45. The largest absolute Gasteiger partial charge is 0.365 e. The van der Waals surface area contributed by atoms with Crippen LogP contribution in [-0.2, 0) is 14.6 Å². The molecule has 0 unspecified atom stereocenters. The van der Waals surface area contributed by atoms with Gasteiger partial charge in [0, 0.05) is 25.3 Å². The van der Waals surface area contributed by atoms with Crippen LogP contribution in [0.15, 0.2) is 42.5 Å². The van der Waals surface area contributed by atoms with Crippen LogP contribution in [0.5, 0.6) is 0 Å². The third kappa shape index (κ3) is 4.80. The summed E-state index contributed by atoms with van der Waals surface area (Å²) in [6.07, 6.45) is 0.542. The van der Waals surface area contributed by atoms with E-state index in [0.717, 1.165) is 11.1 Å². The molecule has 1 aliphatic heterocycles. The Hall–Kier alpha value is -2.08. The Morgan fingerprint density at radius 2 is 1.85 bits per heavy atom. The molecular weight excluding hydrogens is 360 g/mol. The molecule has 1 heterocycles. The molecule has 27 heavy (non-hydrogen) atoms. The summed E-state index contributed by atoms with van der Waals surface area (Å²) >= 11 is 0. The first kappa shape index (κ1) is 19.7. The van der Waals surface area contributed by atoms with E-state index in [1.165, 1.54) is 5.39 Å². The van der Waals surface area contributed by atoms with E-state index in [9.17, 15) is 13.2 Å². The van der Waals surface area contributed by atoms with Crippen LogP contribution in [-0.4, -0.2) is 56.9 Å². The van der Waals surface area contributed by atoms with Crippen LogP contribution < -0.4 is 4.90 Å². The van der Waals surface area contributed by atoms with Gasteiger partial charge in [0.1, 0.15) is 0 Å². The second-order valence-electron chi connectivity index (χ2n) is 7.88. The molecule has 1 fully saturated rings. The van der Waals surface area contributed by atoms with Crippen LogP contribution in [0.1, 0.15) is 20.3 Å². The highest BCUT2D eigenvalue weighted by Gasteiger charge is 2.35. The molecule has 146 valence electrons. The number of rotatable bonds is 6. The Bertz CT molecular complexity index is 924. The number of hydrogen-bond acceptors (Lipinski definition) is 4. The fraction of sp³-hybridized carbons (Fsp3) is 0.476. The summed E-state index contributed by atoms with van der Waals surface area (Å²) < 4.78 is 23.7.